The van der Waals surface area contributed by atoms with Crippen molar-refractivity contribution in [3.05, 3.63) is 48.4 Å². The number of fused-ring (bicyclic) bond motifs is 1. The van der Waals surface area contributed by atoms with Crippen LogP contribution in [0, 0.1) is 11.3 Å². The third-order valence-electron chi connectivity index (χ3n) is 2.76. The molecule has 3 aromatic rings. The average Bonchev–Trinajstić information content (AvgIpc) is 2.83. The Hall–Kier alpha value is -2.87. The molecule has 0 aliphatic rings. The third-order valence-corrected chi connectivity index (χ3v) is 2.76. The Balaban J connectivity index is 1.97. The maximum Gasteiger partial charge on any atom is 0.321 e. The van der Waals surface area contributed by atoms with Gasteiger partial charge in [-0.05, 0) is 29.8 Å². The number of rotatable bonds is 3. The van der Waals surface area contributed by atoms with Gasteiger partial charge in [0, 0.05) is 29.5 Å². The van der Waals surface area contributed by atoms with Gasteiger partial charge in [0.05, 0.1) is 12.5 Å². The molecule has 0 atom stereocenters. The van der Waals surface area contributed by atoms with Gasteiger partial charge in [-0.2, -0.15) is 5.26 Å². The molecule has 2 aromatic heterocycles. The van der Waals surface area contributed by atoms with Crippen LogP contribution in [-0.2, 0) is 6.42 Å². The molecular formula is C14H10N4O. The number of nitrogens with zero attached hydrogens (tertiary/aromatic N) is 3. The van der Waals surface area contributed by atoms with E-state index < -0.39 is 0 Å². The zero-order chi connectivity index (χ0) is 13.1. The summed E-state index contributed by atoms with van der Waals surface area (Å²) in [5.41, 5.74) is 1.93. The van der Waals surface area contributed by atoms with E-state index in [0.29, 0.717) is 18.2 Å². The minimum atomic E-state index is 0.305. The van der Waals surface area contributed by atoms with Crippen molar-refractivity contribution in [1.82, 2.24) is 15.0 Å². The Labute approximate surface area is 109 Å². The van der Waals surface area contributed by atoms with Crippen LogP contribution in [0.1, 0.15) is 5.56 Å². The molecule has 0 saturated carbocycles. The number of nitriles is 1. The van der Waals surface area contributed by atoms with Gasteiger partial charge in [0.15, 0.2) is 0 Å². The van der Waals surface area contributed by atoms with E-state index in [-0.39, 0.29) is 0 Å². The summed E-state index contributed by atoms with van der Waals surface area (Å²) >= 11 is 0. The lowest BCUT2D eigenvalue weighted by Gasteiger charge is -2.03. The first-order chi connectivity index (χ1) is 9.36. The second kappa shape index (κ2) is 4.78. The summed E-state index contributed by atoms with van der Waals surface area (Å²) in [4.78, 5) is 11.1. The van der Waals surface area contributed by atoms with Gasteiger partial charge < -0.3 is 9.72 Å². The fraction of sp³-hybridized carbons (Fsp3) is 0.0714. The smallest absolute Gasteiger partial charge is 0.321 e. The van der Waals surface area contributed by atoms with Crippen molar-refractivity contribution >= 4 is 10.9 Å². The zero-order valence-electron chi connectivity index (χ0n) is 10.00. The summed E-state index contributed by atoms with van der Waals surface area (Å²) in [6.07, 6.45) is 5.46. The number of aromatic amines is 1. The molecule has 0 unspecified atom stereocenters. The van der Waals surface area contributed by atoms with E-state index in [1.54, 1.807) is 18.5 Å². The SMILES string of the molecule is N#CCc1c[nH]c2ccc(Oc3ncccn3)cc12. The Morgan fingerprint density at radius 2 is 2.11 bits per heavy atom. The molecule has 1 aromatic carbocycles. The lowest BCUT2D eigenvalue weighted by molar-refractivity contribution is 0.442. The van der Waals surface area contributed by atoms with Crippen molar-refractivity contribution in [2.75, 3.05) is 0 Å². The minimum Gasteiger partial charge on any atom is -0.424 e. The topological polar surface area (TPSA) is 74.6 Å². The van der Waals surface area contributed by atoms with Crippen LogP contribution in [0.2, 0.25) is 0 Å². The van der Waals surface area contributed by atoms with Crippen LogP contribution in [0.5, 0.6) is 11.8 Å². The minimum absolute atomic E-state index is 0.305. The van der Waals surface area contributed by atoms with Gasteiger partial charge >= 0.3 is 6.01 Å². The number of benzene rings is 1. The number of hydrogen-bond acceptors (Lipinski definition) is 4. The predicted molar refractivity (Wildman–Crippen MR) is 69.7 cm³/mol. The molecule has 0 amide bonds. The summed E-state index contributed by atoms with van der Waals surface area (Å²) in [6, 6.07) is 9.81. The molecule has 0 aliphatic carbocycles. The van der Waals surface area contributed by atoms with E-state index in [4.69, 9.17) is 10.00 Å². The first kappa shape index (κ1) is 11.2. The van der Waals surface area contributed by atoms with Crippen molar-refractivity contribution in [2.45, 2.75) is 6.42 Å². The molecule has 2 heterocycles. The Morgan fingerprint density at radius 3 is 2.89 bits per heavy atom. The van der Waals surface area contributed by atoms with E-state index in [1.807, 2.05) is 24.4 Å². The van der Waals surface area contributed by atoms with Gasteiger partial charge in [0.2, 0.25) is 0 Å². The molecule has 0 bridgehead atoms. The fourth-order valence-corrected chi connectivity index (χ4v) is 1.90. The highest BCUT2D eigenvalue weighted by atomic mass is 16.5. The first-order valence-corrected chi connectivity index (χ1v) is 5.78. The fourth-order valence-electron chi connectivity index (χ4n) is 1.90. The van der Waals surface area contributed by atoms with E-state index in [2.05, 4.69) is 21.0 Å². The second-order valence-corrected chi connectivity index (χ2v) is 3.99. The van der Waals surface area contributed by atoms with Crippen LogP contribution >= 0.6 is 0 Å². The van der Waals surface area contributed by atoms with Crippen molar-refractivity contribution in [3.8, 4) is 17.8 Å². The molecule has 1 N–H and O–H groups in total. The van der Waals surface area contributed by atoms with Gasteiger partial charge in [0.1, 0.15) is 5.75 Å². The third kappa shape index (κ3) is 2.24. The van der Waals surface area contributed by atoms with Crippen LogP contribution in [0.15, 0.2) is 42.9 Å². The second-order valence-electron chi connectivity index (χ2n) is 3.99. The largest absolute Gasteiger partial charge is 0.424 e. The molecule has 19 heavy (non-hydrogen) atoms. The highest BCUT2D eigenvalue weighted by Crippen LogP contribution is 2.26. The van der Waals surface area contributed by atoms with E-state index in [9.17, 15) is 0 Å². The quantitative estimate of drug-likeness (QED) is 0.775. The zero-order valence-corrected chi connectivity index (χ0v) is 10.00. The number of aromatic nitrogens is 3. The molecule has 0 aliphatic heterocycles. The monoisotopic (exact) mass is 250 g/mol. The van der Waals surface area contributed by atoms with Crippen LogP contribution in [-0.4, -0.2) is 15.0 Å². The normalized spacial score (nSPS) is 10.3. The van der Waals surface area contributed by atoms with E-state index in [0.717, 1.165) is 16.5 Å². The van der Waals surface area contributed by atoms with Gasteiger partial charge in [0.25, 0.3) is 0 Å². The van der Waals surface area contributed by atoms with Crippen molar-refractivity contribution < 1.29 is 4.74 Å². The van der Waals surface area contributed by atoms with Gasteiger partial charge in [-0.15, -0.1) is 0 Å². The van der Waals surface area contributed by atoms with Gasteiger partial charge in [-0.1, -0.05) is 0 Å². The highest BCUT2D eigenvalue weighted by molar-refractivity contribution is 5.84. The lowest BCUT2D eigenvalue weighted by atomic mass is 10.1. The highest BCUT2D eigenvalue weighted by Gasteiger charge is 2.06. The van der Waals surface area contributed by atoms with Crippen molar-refractivity contribution in [2.24, 2.45) is 0 Å². The van der Waals surface area contributed by atoms with Crippen molar-refractivity contribution in [3.63, 3.8) is 0 Å². The van der Waals surface area contributed by atoms with Crippen LogP contribution in [0.25, 0.3) is 10.9 Å². The van der Waals surface area contributed by atoms with Crippen molar-refractivity contribution in [1.29, 1.82) is 5.26 Å². The number of hydrogen-bond donors (Lipinski definition) is 1. The number of nitrogens with one attached hydrogen (secondary N) is 1. The molecule has 5 nitrogen and oxygen atoms in total. The molecular weight excluding hydrogens is 240 g/mol. The Morgan fingerprint density at radius 1 is 1.26 bits per heavy atom. The Kier molecular flexibility index (Phi) is 2.83. The molecule has 92 valence electrons. The molecule has 0 fully saturated rings. The molecule has 5 heteroatoms. The number of ether oxygens (including phenoxy) is 1. The lowest BCUT2D eigenvalue weighted by Crippen LogP contribution is -1.90. The summed E-state index contributed by atoms with van der Waals surface area (Å²) in [5, 5.41) is 9.77. The summed E-state index contributed by atoms with van der Waals surface area (Å²) in [5.74, 6) is 0.650. The van der Waals surface area contributed by atoms with E-state index >= 15 is 0 Å². The maximum absolute atomic E-state index is 8.79. The molecule has 3 rings (SSSR count). The Bertz CT molecular complexity index is 743. The average molecular weight is 250 g/mol. The first-order valence-electron chi connectivity index (χ1n) is 5.78. The van der Waals surface area contributed by atoms with Gasteiger partial charge in [-0.25, -0.2) is 9.97 Å². The molecule has 0 radical (unpaired) electrons. The van der Waals surface area contributed by atoms with Gasteiger partial charge in [-0.3, -0.25) is 0 Å². The predicted octanol–water partition coefficient (Wildman–Crippen LogP) is 2.82. The maximum atomic E-state index is 8.79. The number of H-pyrrole nitrogens is 1. The van der Waals surface area contributed by atoms with Crippen LogP contribution < -0.4 is 4.74 Å². The van der Waals surface area contributed by atoms with Crippen LogP contribution in [0.3, 0.4) is 0 Å². The summed E-state index contributed by atoms with van der Waals surface area (Å²) < 4.78 is 5.57. The standard InChI is InChI=1S/C14H10N4O/c15-5-4-10-9-18-13-3-2-11(8-12(10)13)19-14-16-6-1-7-17-14/h1-3,6-9,18H,4H2. The van der Waals surface area contributed by atoms with E-state index in [1.165, 1.54) is 0 Å². The summed E-state index contributed by atoms with van der Waals surface area (Å²) in [6.45, 7) is 0. The van der Waals surface area contributed by atoms with Crippen LogP contribution in [0.4, 0.5) is 0 Å². The summed E-state index contributed by atoms with van der Waals surface area (Å²) in [7, 11) is 0. The molecule has 0 saturated heterocycles. The molecule has 0 spiro atoms.